The standard InChI is InChI=1S/C14H18FNO4S/c1-3-14(4-5-14)8-16-21(19,20)12-7-10(13(17)18)6-11(15)9(12)2/h6-7,16H,3-5,8H2,1-2H3,(H,17,18). The van der Waals surface area contributed by atoms with Crippen LogP contribution in [0.1, 0.15) is 42.1 Å². The molecule has 2 N–H and O–H groups in total. The highest BCUT2D eigenvalue weighted by Crippen LogP contribution is 2.48. The molecule has 21 heavy (non-hydrogen) atoms. The first kappa shape index (κ1) is 15.9. The number of hydrogen-bond donors (Lipinski definition) is 2. The van der Waals surface area contributed by atoms with E-state index >= 15 is 0 Å². The van der Waals surface area contributed by atoms with Gasteiger partial charge in [-0.1, -0.05) is 6.92 Å². The molecule has 0 saturated heterocycles. The Morgan fingerprint density at radius 3 is 2.52 bits per heavy atom. The van der Waals surface area contributed by atoms with Gasteiger partial charge < -0.3 is 5.11 Å². The average Bonchev–Trinajstić information content (AvgIpc) is 3.20. The van der Waals surface area contributed by atoms with Crippen LogP contribution in [0.2, 0.25) is 0 Å². The van der Waals surface area contributed by atoms with E-state index in [1.54, 1.807) is 0 Å². The van der Waals surface area contributed by atoms with Gasteiger partial charge in [0.1, 0.15) is 5.82 Å². The van der Waals surface area contributed by atoms with Crippen LogP contribution >= 0.6 is 0 Å². The molecule has 0 atom stereocenters. The van der Waals surface area contributed by atoms with Crippen LogP contribution in [0, 0.1) is 18.2 Å². The number of carboxylic acids is 1. The molecule has 116 valence electrons. The minimum Gasteiger partial charge on any atom is -0.478 e. The summed E-state index contributed by atoms with van der Waals surface area (Å²) in [5.41, 5.74) is -0.451. The molecule has 0 spiro atoms. The fraction of sp³-hybridized carbons (Fsp3) is 0.500. The molecule has 0 aromatic heterocycles. The summed E-state index contributed by atoms with van der Waals surface area (Å²) in [6, 6.07) is 1.82. The van der Waals surface area contributed by atoms with Crippen molar-refractivity contribution < 1.29 is 22.7 Å². The Bertz CT molecular complexity index is 680. The first-order chi connectivity index (χ1) is 9.71. The maximum absolute atomic E-state index is 13.7. The van der Waals surface area contributed by atoms with Crippen molar-refractivity contribution in [3.63, 3.8) is 0 Å². The normalized spacial score (nSPS) is 16.7. The lowest BCUT2D eigenvalue weighted by atomic mass is 10.1. The largest absolute Gasteiger partial charge is 0.478 e. The minimum atomic E-state index is -3.93. The summed E-state index contributed by atoms with van der Waals surface area (Å²) in [7, 11) is -3.93. The topological polar surface area (TPSA) is 83.5 Å². The molecule has 1 saturated carbocycles. The van der Waals surface area contributed by atoms with Crippen LogP contribution in [0.4, 0.5) is 4.39 Å². The van der Waals surface area contributed by atoms with E-state index in [9.17, 15) is 17.6 Å². The van der Waals surface area contributed by atoms with Gasteiger partial charge in [-0.15, -0.1) is 0 Å². The second kappa shape index (κ2) is 5.38. The number of benzene rings is 1. The van der Waals surface area contributed by atoms with Crippen molar-refractivity contribution in [2.24, 2.45) is 5.41 Å². The lowest BCUT2D eigenvalue weighted by Gasteiger charge is -2.15. The van der Waals surface area contributed by atoms with Crippen molar-refractivity contribution in [3.8, 4) is 0 Å². The van der Waals surface area contributed by atoms with Crippen LogP contribution in [0.5, 0.6) is 0 Å². The van der Waals surface area contributed by atoms with E-state index in [0.29, 0.717) is 6.54 Å². The van der Waals surface area contributed by atoms with E-state index in [1.807, 2.05) is 6.92 Å². The highest BCUT2D eigenvalue weighted by molar-refractivity contribution is 7.89. The summed E-state index contributed by atoms with van der Waals surface area (Å²) in [4.78, 5) is 10.6. The van der Waals surface area contributed by atoms with Crippen LogP contribution in [0.15, 0.2) is 17.0 Å². The van der Waals surface area contributed by atoms with Crippen LogP contribution in [-0.4, -0.2) is 26.0 Å². The minimum absolute atomic E-state index is 0.00390. The zero-order valence-electron chi connectivity index (χ0n) is 11.9. The van der Waals surface area contributed by atoms with Gasteiger partial charge >= 0.3 is 5.97 Å². The number of hydrogen-bond acceptors (Lipinski definition) is 3. The Balaban J connectivity index is 2.33. The fourth-order valence-electron chi connectivity index (χ4n) is 2.21. The molecule has 7 heteroatoms. The van der Waals surface area contributed by atoms with E-state index in [4.69, 9.17) is 5.11 Å². The highest BCUT2D eigenvalue weighted by Gasteiger charge is 2.41. The molecule has 0 bridgehead atoms. The van der Waals surface area contributed by atoms with Gasteiger partial charge in [-0.3, -0.25) is 0 Å². The van der Waals surface area contributed by atoms with Crippen LogP contribution in [0.3, 0.4) is 0 Å². The molecule has 0 aliphatic heterocycles. The van der Waals surface area contributed by atoms with Gasteiger partial charge in [0.25, 0.3) is 0 Å². The monoisotopic (exact) mass is 315 g/mol. The molecule has 0 radical (unpaired) electrons. The van der Waals surface area contributed by atoms with Gasteiger partial charge in [0.15, 0.2) is 0 Å². The van der Waals surface area contributed by atoms with E-state index < -0.39 is 21.8 Å². The molecule has 1 aromatic rings. The number of nitrogens with one attached hydrogen (secondary N) is 1. The Hall–Kier alpha value is -1.47. The third-order valence-electron chi connectivity index (χ3n) is 4.18. The van der Waals surface area contributed by atoms with Crippen molar-refractivity contribution in [3.05, 3.63) is 29.1 Å². The van der Waals surface area contributed by atoms with Crippen molar-refractivity contribution in [2.45, 2.75) is 38.0 Å². The predicted molar refractivity (Wildman–Crippen MR) is 75.2 cm³/mol. The van der Waals surface area contributed by atoms with Gasteiger partial charge in [-0.25, -0.2) is 22.3 Å². The molecule has 0 unspecified atom stereocenters. The van der Waals surface area contributed by atoms with E-state index in [1.165, 1.54) is 6.92 Å². The number of sulfonamides is 1. The van der Waals surface area contributed by atoms with Crippen molar-refractivity contribution in [1.29, 1.82) is 0 Å². The van der Waals surface area contributed by atoms with E-state index in [0.717, 1.165) is 31.4 Å². The van der Waals surface area contributed by atoms with Crippen LogP contribution < -0.4 is 4.72 Å². The summed E-state index contributed by atoms with van der Waals surface area (Å²) in [5.74, 6) is -2.20. The maximum atomic E-state index is 13.7. The van der Waals surface area contributed by atoms with E-state index in [-0.39, 0.29) is 21.4 Å². The lowest BCUT2D eigenvalue weighted by Crippen LogP contribution is -2.31. The van der Waals surface area contributed by atoms with Gasteiger partial charge in [-0.2, -0.15) is 0 Å². The summed E-state index contributed by atoms with van der Waals surface area (Å²) in [5, 5.41) is 8.92. The first-order valence-corrected chi connectivity index (χ1v) is 8.22. The smallest absolute Gasteiger partial charge is 0.335 e. The van der Waals surface area contributed by atoms with Gasteiger partial charge in [0.2, 0.25) is 10.0 Å². The Morgan fingerprint density at radius 1 is 1.43 bits per heavy atom. The summed E-state index contributed by atoms with van der Waals surface area (Å²) in [6.07, 6.45) is 2.81. The van der Waals surface area contributed by atoms with Crippen molar-refractivity contribution in [2.75, 3.05) is 6.54 Å². The molecule has 1 aliphatic rings. The van der Waals surface area contributed by atoms with Gasteiger partial charge in [0.05, 0.1) is 10.5 Å². The molecule has 0 heterocycles. The zero-order valence-corrected chi connectivity index (χ0v) is 12.8. The Kier molecular flexibility index (Phi) is 4.08. The Morgan fingerprint density at radius 2 is 2.05 bits per heavy atom. The predicted octanol–water partition coefficient (Wildman–Crippen LogP) is 2.30. The van der Waals surface area contributed by atoms with Gasteiger partial charge in [0, 0.05) is 12.1 Å². The second-order valence-electron chi connectivity index (χ2n) is 5.56. The number of aromatic carboxylic acids is 1. The van der Waals surface area contributed by atoms with Gasteiger partial charge in [-0.05, 0) is 43.7 Å². The van der Waals surface area contributed by atoms with Crippen LogP contribution in [-0.2, 0) is 10.0 Å². The molecule has 0 amide bonds. The molecule has 2 rings (SSSR count). The number of carbonyl (C=O) groups is 1. The lowest BCUT2D eigenvalue weighted by molar-refractivity contribution is 0.0696. The highest BCUT2D eigenvalue weighted by atomic mass is 32.2. The molecule has 1 aromatic carbocycles. The number of rotatable bonds is 6. The summed E-state index contributed by atoms with van der Waals surface area (Å²) in [6.45, 7) is 3.61. The van der Waals surface area contributed by atoms with Crippen molar-refractivity contribution >= 4 is 16.0 Å². The fourth-order valence-corrected chi connectivity index (χ4v) is 3.65. The third kappa shape index (κ3) is 3.24. The molecule has 1 aliphatic carbocycles. The summed E-state index contributed by atoms with van der Waals surface area (Å²) >= 11 is 0. The zero-order chi connectivity index (χ0) is 15.8. The quantitative estimate of drug-likeness (QED) is 0.843. The second-order valence-corrected chi connectivity index (χ2v) is 7.30. The first-order valence-electron chi connectivity index (χ1n) is 6.74. The number of carboxylic acid groups (broad SMARTS) is 1. The van der Waals surface area contributed by atoms with Crippen molar-refractivity contribution in [1.82, 2.24) is 4.72 Å². The van der Waals surface area contributed by atoms with E-state index in [2.05, 4.69) is 4.72 Å². The maximum Gasteiger partial charge on any atom is 0.335 e. The average molecular weight is 315 g/mol. The molecule has 1 fully saturated rings. The Labute approximate surface area is 123 Å². The number of halogens is 1. The van der Waals surface area contributed by atoms with Crippen LogP contribution in [0.25, 0.3) is 0 Å². The molecule has 5 nitrogen and oxygen atoms in total. The molecular formula is C14H18FNO4S. The SMILES string of the molecule is CCC1(CNS(=O)(=O)c2cc(C(=O)O)cc(F)c2C)CC1. The molecular weight excluding hydrogens is 297 g/mol. The third-order valence-corrected chi connectivity index (χ3v) is 5.70. The summed E-state index contributed by atoms with van der Waals surface area (Å²) < 4.78 is 40.8.